The normalized spacial score (nSPS) is 17.4. The maximum Gasteiger partial charge on any atom is 0.0664 e. The van der Waals surface area contributed by atoms with Gasteiger partial charge in [-0.25, -0.2) is 0 Å². The van der Waals surface area contributed by atoms with Crippen LogP contribution in [-0.2, 0) is 0 Å². The highest BCUT2D eigenvalue weighted by Gasteiger charge is 2.14. The predicted octanol–water partition coefficient (Wildman–Crippen LogP) is 1.10. The molecule has 0 fully saturated rings. The average molecular weight is 145 g/mol. The number of hydrogen-bond acceptors (Lipinski definition) is 2. The Morgan fingerprint density at radius 3 is 1.70 bits per heavy atom. The predicted molar refractivity (Wildman–Crippen MR) is 44.1 cm³/mol. The zero-order chi connectivity index (χ0) is 8.15. The van der Waals surface area contributed by atoms with Crippen molar-refractivity contribution in [1.82, 2.24) is 4.90 Å². The minimum atomic E-state index is -0.222. The molecule has 0 aliphatic carbocycles. The van der Waals surface area contributed by atoms with Crippen molar-refractivity contribution in [2.24, 2.45) is 0 Å². The Morgan fingerprint density at radius 1 is 1.20 bits per heavy atom. The van der Waals surface area contributed by atoms with Gasteiger partial charge >= 0.3 is 0 Å². The highest BCUT2D eigenvalue weighted by atomic mass is 16.3. The van der Waals surface area contributed by atoms with E-state index in [4.69, 9.17) is 0 Å². The molecule has 0 aliphatic heterocycles. The van der Waals surface area contributed by atoms with Gasteiger partial charge in [-0.3, -0.25) is 4.90 Å². The Kier molecular flexibility index (Phi) is 4.65. The van der Waals surface area contributed by atoms with E-state index in [0.717, 1.165) is 13.1 Å². The van der Waals surface area contributed by atoms with Crippen LogP contribution >= 0.6 is 0 Å². The van der Waals surface area contributed by atoms with Crippen LogP contribution in [0.1, 0.15) is 27.7 Å². The summed E-state index contributed by atoms with van der Waals surface area (Å²) in [5.74, 6) is 0. The van der Waals surface area contributed by atoms with Gasteiger partial charge in [0.25, 0.3) is 0 Å². The summed E-state index contributed by atoms with van der Waals surface area (Å²) in [5, 5.41) is 9.21. The summed E-state index contributed by atoms with van der Waals surface area (Å²) < 4.78 is 0. The molecule has 0 aromatic rings. The van der Waals surface area contributed by atoms with Crippen LogP contribution in [-0.4, -0.2) is 35.2 Å². The third kappa shape index (κ3) is 2.67. The summed E-state index contributed by atoms with van der Waals surface area (Å²) in [7, 11) is 0. The van der Waals surface area contributed by atoms with E-state index in [9.17, 15) is 5.11 Å². The number of aliphatic hydroxyl groups excluding tert-OH is 1. The molecule has 0 bridgehead atoms. The van der Waals surface area contributed by atoms with E-state index < -0.39 is 0 Å². The maximum atomic E-state index is 9.21. The van der Waals surface area contributed by atoms with E-state index in [2.05, 4.69) is 25.7 Å². The van der Waals surface area contributed by atoms with Gasteiger partial charge in [-0.05, 0) is 26.9 Å². The smallest absolute Gasteiger partial charge is 0.0664 e. The van der Waals surface area contributed by atoms with Crippen LogP contribution in [0.3, 0.4) is 0 Å². The highest BCUT2D eigenvalue weighted by molar-refractivity contribution is 4.68. The molecule has 2 nitrogen and oxygen atoms in total. The molecule has 2 heteroatoms. The van der Waals surface area contributed by atoms with Crippen LogP contribution in [0.25, 0.3) is 0 Å². The van der Waals surface area contributed by atoms with Crippen molar-refractivity contribution in [3.63, 3.8) is 0 Å². The molecule has 10 heavy (non-hydrogen) atoms. The number of hydrogen-bond donors (Lipinski definition) is 1. The van der Waals surface area contributed by atoms with Crippen molar-refractivity contribution in [3.05, 3.63) is 0 Å². The van der Waals surface area contributed by atoms with Crippen LogP contribution in [0, 0.1) is 0 Å². The first-order valence-electron chi connectivity index (χ1n) is 4.05. The molecule has 0 rings (SSSR count). The van der Waals surface area contributed by atoms with Crippen LogP contribution in [0.15, 0.2) is 0 Å². The van der Waals surface area contributed by atoms with Gasteiger partial charge in [-0.2, -0.15) is 0 Å². The number of likely N-dealkylation sites (N-methyl/N-ethyl adjacent to an activating group) is 1. The van der Waals surface area contributed by atoms with E-state index in [0.29, 0.717) is 0 Å². The van der Waals surface area contributed by atoms with E-state index in [1.54, 1.807) is 0 Å². The molecular formula is C8H19NO. The Balaban J connectivity index is 3.76. The van der Waals surface area contributed by atoms with Gasteiger partial charge in [0.05, 0.1) is 6.10 Å². The molecular weight excluding hydrogens is 126 g/mol. The molecule has 0 saturated heterocycles. The second-order valence-corrected chi connectivity index (χ2v) is 2.70. The second kappa shape index (κ2) is 4.69. The number of nitrogens with zero attached hydrogens (tertiary/aromatic N) is 1. The molecule has 0 radical (unpaired) electrons. The summed E-state index contributed by atoms with van der Waals surface area (Å²) in [6.07, 6.45) is -0.222. The zero-order valence-corrected chi connectivity index (χ0v) is 7.46. The van der Waals surface area contributed by atoms with E-state index in [1.807, 2.05) is 6.92 Å². The van der Waals surface area contributed by atoms with Gasteiger partial charge in [0.15, 0.2) is 0 Å². The van der Waals surface area contributed by atoms with E-state index >= 15 is 0 Å². The third-order valence-electron chi connectivity index (χ3n) is 2.09. The Labute approximate surface area is 63.8 Å². The van der Waals surface area contributed by atoms with Crippen molar-refractivity contribution in [2.45, 2.75) is 39.8 Å². The molecule has 0 saturated carbocycles. The van der Waals surface area contributed by atoms with Gasteiger partial charge in [-0.15, -0.1) is 0 Å². The van der Waals surface area contributed by atoms with E-state index in [1.165, 1.54) is 0 Å². The van der Waals surface area contributed by atoms with Crippen molar-refractivity contribution in [2.75, 3.05) is 13.1 Å². The highest BCUT2D eigenvalue weighted by Crippen LogP contribution is 2.02. The van der Waals surface area contributed by atoms with Gasteiger partial charge in [0, 0.05) is 6.04 Å². The van der Waals surface area contributed by atoms with Gasteiger partial charge in [0.2, 0.25) is 0 Å². The number of rotatable bonds is 4. The first-order valence-corrected chi connectivity index (χ1v) is 4.05. The minimum Gasteiger partial charge on any atom is -0.392 e. The van der Waals surface area contributed by atoms with Gasteiger partial charge in [0.1, 0.15) is 0 Å². The average Bonchev–Trinajstić information content (AvgIpc) is 1.90. The minimum absolute atomic E-state index is 0.222. The van der Waals surface area contributed by atoms with Gasteiger partial charge in [-0.1, -0.05) is 13.8 Å². The van der Waals surface area contributed by atoms with Gasteiger partial charge < -0.3 is 5.11 Å². The number of aliphatic hydroxyl groups is 1. The fourth-order valence-electron chi connectivity index (χ4n) is 1.10. The second-order valence-electron chi connectivity index (χ2n) is 2.70. The fourth-order valence-corrected chi connectivity index (χ4v) is 1.10. The van der Waals surface area contributed by atoms with Crippen molar-refractivity contribution >= 4 is 0 Å². The quantitative estimate of drug-likeness (QED) is 0.640. The molecule has 0 amide bonds. The molecule has 0 heterocycles. The molecule has 0 unspecified atom stereocenters. The standard InChI is InChI=1S/C8H19NO/c1-5-9(6-2)7(3)8(4)10/h7-8,10H,5-6H2,1-4H3/t7-,8+/m0/s1. The SMILES string of the molecule is CCN(CC)[C@@H](C)[C@@H](C)O. The summed E-state index contributed by atoms with van der Waals surface area (Å²) >= 11 is 0. The summed E-state index contributed by atoms with van der Waals surface area (Å²) in [6, 6.07) is 0.287. The first kappa shape index (κ1) is 9.92. The lowest BCUT2D eigenvalue weighted by molar-refractivity contribution is 0.0773. The van der Waals surface area contributed by atoms with Crippen molar-refractivity contribution in [3.8, 4) is 0 Å². The largest absolute Gasteiger partial charge is 0.392 e. The van der Waals surface area contributed by atoms with Crippen LogP contribution in [0.2, 0.25) is 0 Å². The molecule has 0 aromatic carbocycles. The Morgan fingerprint density at radius 2 is 1.60 bits per heavy atom. The topological polar surface area (TPSA) is 23.5 Å². The zero-order valence-electron chi connectivity index (χ0n) is 7.46. The summed E-state index contributed by atoms with van der Waals surface area (Å²) in [5.41, 5.74) is 0. The van der Waals surface area contributed by atoms with Crippen molar-refractivity contribution in [1.29, 1.82) is 0 Å². The first-order chi connectivity index (χ1) is 4.63. The summed E-state index contributed by atoms with van der Waals surface area (Å²) in [4.78, 5) is 2.24. The molecule has 0 aromatic heterocycles. The van der Waals surface area contributed by atoms with Crippen LogP contribution in [0.4, 0.5) is 0 Å². The summed E-state index contributed by atoms with van der Waals surface area (Å²) in [6.45, 7) is 10.1. The third-order valence-corrected chi connectivity index (χ3v) is 2.09. The molecule has 1 N–H and O–H groups in total. The maximum absolute atomic E-state index is 9.21. The molecule has 2 atom stereocenters. The molecule has 62 valence electrons. The van der Waals surface area contributed by atoms with E-state index in [-0.39, 0.29) is 12.1 Å². The fraction of sp³-hybridized carbons (Fsp3) is 1.00. The lowest BCUT2D eigenvalue weighted by Gasteiger charge is -2.28. The molecule has 0 spiro atoms. The monoisotopic (exact) mass is 145 g/mol. The Hall–Kier alpha value is -0.0800. The Bertz CT molecular complexity index is 79.3. The lowest BCUT2D eigenvalue weighted by Crippen LogP contribution is -2.39. The van der Waals surface area contributed by atoms with Crippen molar-refractivity contribution < 1.29 is 5.11 Å². The van der Waals surface area contributed by atoms with Crippen LogP contribution in [0.5, 0.6) is 0 Å². The molecule has 0 aliphatic rings. The lowest BCUT2D eigenvalue weighted by atomic mass is 10.2. The van der Waals surface area contributed by atoms with Crippen LogP contribution < -0.4 is 0 Å².